The first-order valence-electron chi connectivity index (χ1n) is 10.6. The fourth-order valence-electron chi connectivity index (χ4n) is 5.27. The van der Waals surface area contributed by atoms with Gasteiger partial charge in [0.05, 0.1) is 12.2 Å². The van der Waals surface area contributed by atoms with E-state index in [1.807, 2.05) is 0 Å². The number of methoxy groups -OCH3 is 1. The minimum atomic E-state index is -0.771. The van der Waals surface area contributed by atoms with Crippen LogP contribution in [0.5, 0.6) is 0 Å². The second kappa shape index (κ2) is 7.82. The van der Waals surface area contributed by atoms with Crippen molar-refractivity contribution >= 4 is 12.0 Å². The van der Waals surface area contributed by atoms with Crippen LogP contribution in [0.3, 0.4) is 0 Å². The SMILES string of the molecule is CO[C@@H]1[C@H](OC(=O)N[C@H](C)C(N)=O)CC[C@]2(CO2)[C@H]1[C@@]1(C)C[C@@H]1CCC(C)C. The zero-order valence-electron chi connectivity index (χ0n) is 17.8. The third kappa shape index (κ3) is 4.15. The van der Waals surface area contributed by atoms with Crippen LogP contribution in [0.4, 0.5) is 4.79 Å². The number of carbonyl (C=O) groups excluding carboxylic acids is 2. The molecule has 1 spiro atoms. The largest absolute Gasteiger partial charge is 0.443 e. The molecule has 0 aromatic carbocycles. The molecule has 0 aromatic heterocycles. The lowest BCUT2D eigenvalue weighted by Crippen LogP contribution is -2.54. The number of rotatable bonds is 8. The molecule has 0 unspecified atom stereocenters. The second-order valence-corrected chi connectivity index (χ2v) is 9.66. The number of carbonyl (C=O) groups is 2. The second-order valence-electron chi connectivity index (χ2n) is 9.66. The fourth-order valence-corrected chi connectivity index (χ4v) is 5.27. The van der Waals surface area contributed by atoms with E-state index in [-0.39, 0.29) is 29.1 Å². The van der Waals surface area contributed by atoms with Crippen LogP contribution < -0.4 is 11.1 Å². The summed E-state index contributed by atoms with van der Waals surface area (Å²) in [6, 6.07) is -0.771. The molecule has 7 atom stereocenters. The Morgan fingerprint density at radius 1 is 1.32 bits per heavy atom. The van der Waals surface area contributed by atoms with E-state index in [1.54, 1.807) is 14.0 Å². The number of nitrogens with two attached hydrogens (primary N) is 1. The number of amides is 2. The normalized spacial score (nSPS) is 40.2. The first kappa shape index (κ1) is 21.4. The molecule has 2 aliphatic carbocycles. The highest BCUT2D eigenvalue weighted by atomic mass is 16.6. The predicted octanol–water partition coefficient (Wildman–Crippen LogP) is 2.61. The van der Waals surface area contributed by atoms with Crippen LogP contribution in [0.1, 0.15) is 59.8 Å². The maximum atomic E-state index is 12.3. The topological polar surface area (TPSA) is 103 Å². The molecule has 1 aliphatic heterocycles. The molecular formula is C21H36N2O5. The lowest BCUT2D eigenvalue weighted by Gasteiger charge is -2.44. The number of epoxide rings is 1. The average molecular weight is 397 g/mol. The quantitative estimate of drug-likeness (QED) is 0.614. The van der Waals surface area contributed by atoms with Gasteiger partial charge in [-0.1, -0.05) is 27.2 Å². The minimum absolute atomic E-state index is 0.126. The summed E-state index contributed by atoms with van der Waals surface area (Å²) in [5.74, 6) is 0.988. The summed E-state index contributed by atoms with van der Waals surface area (Å²) in [5, 5.41) is 2.50. The van der Waals surface area contributed by atoms with Gasteiger partial charge in [-0.3, -0.25) is 4.79 Å². The van der Waals surface area contributed by atoms with E-state index in [1.165, 1.54) is 19.3 Å². The third-order valence-electron chi connectivity index (χ3n) is 7.18. The molecule has 3 aliphatic rings. The molecule has 1 saturated heterocycles. The van der Waals surface area contributed by atoms with Gasteiger partial charge in [0.15, 0.2) is 0 Å². The van der Waals surface area contributed by atoms with E-state index in [0.717, 1.165) is 13.0 Å². The standard InChI is InChI=1S/C21H36N2O5/c1-12(2)6-7-14-10-20(14,4)17-16(26-5)15(8-9-21(17)11-27-21)28-19(25)23-13(3)18(22)24/h12-17H,6-11H2,1-5H3,(H2,22,24)(H,23,25)/t13-,14+,15-,16-,17-,20+,21+/m1/s1. The van der Waals surface area contributed by atoms with E-state index in [4.69, 9.17) is 19.9 Å². The third-order valence-corrected chi connectivity index (χ3v) is 7.18. The van der Waals surface area contributed by atoms with Gasteiger partial charge < -0.3 is 25.3 Å². The van der Waals surface area contributed by atoms with Crippen LogP contribution in [0.25, 0.3) is 0 Å². The van der Waals surface area contributed by atoms with E-state index in [2.05, 4.69) is 26.1 Å². The summed E-state index contributed by atoms with van der Waals surface area (Å²) in [6.07, 6.45) is 4.00. The summed E-state index contributed by atoms with van der Waals surface area (Å²) in [5.41, 5.74) is 5.25. The molecule has 3 rings (SSSR count). The van der Waals surface area contributed by atoms with Crippen molar-refractivity contribution in [2.24, 2.45) is 28.9 Å². The van der Waals surface area contributed by atoms with Crippen LogP contribution in [0.2, 0.25) is 0 Å². The summed E-state index contributed by atoms with van der Waals surface area (Å²) < 4.78 is 17.6. The highest BCUT2D eigenvalue weighted by Gasteiger charge is 2.70. The van der Waals surface area contributed by atoms with Crippen LogP contribution >= 0.6 is 0 Å². The molecule has 2 saturated carbocycles. The Balaban J connectivity index is 1.69. The number of hydrogen-bond acceptors (Lipinski definition) is 5. The average Bonchev–Trinajstić information content (AvgIpc) is 3.52. The number of ether oxygens (including phenoxy) is 3. The van der Waals surface area contributed by atoms with E-state index < -0.39 is 18.0 Å². The molecule has 0 bridgehead atoms. The molecule has 3 fully saturated rings. The molecule has 160 valence electrons. The van der Waals surface area contributed by atoms with Crippen molar-refractivity contribution in [2.75, 3.05) is 13.7 Å². The van der Waals surface area contributed by atoms with Gasteiger partial charge in [0.1, 0.15) is 18.2 Å². The maximum absolute atomic E-state index is 12.3. The van der Waals surface area contributed by atoms with Gasteiger partial charge >= 0.3 is 6.09 Å². The predicted molar refractivity (Wildman–Crippen MR) is 105 cm³/mol. The highest BCUT2D eigenvalue weighted by molar-refractivity contribution is 5.83. The van der Waals surface area contributed by atoms with Crippen molar-refractivity contribution < 1.29 is 23.8 Å². The van der Waals surface area contributed by atoms with E-state index in [0.29, 0.717) is 18.3 Å². The molecule has 3 N–H and O–H groups in total. The lowest BCUT2D eigenvalue weighted by molar-refractivity contribution is -0.123. The van der Waals surface area contributed by atoms with Crippen molar-refractivity contribution in [1.82, 2.24) is 5.32 Å². The van der Waals surface area contributed by atoms with Crippen molar-refractivity contribution in [1.29, 1.82) is 0 Å². The zero-order valence-corrected chi connectivity index (χ0v) is 17.8. The van der Waals surface area contributed by atoms with Crippen molar-refractivity contribution in [2.45, 2.75) is 83.6 Å². The van der Waals surface area contributed by atoms with Gasteiger partial charge in [-0.2, -0.15) is 0 Å². The summed E-state index contributed by atoms with van der Waals surface area (Å²) >= 11 is 0. The molecule has 2 amide bonds. The van der Waals surface area contributed by atoms with Crippen LogP contribution in [0.15, 0.2) is 0 Å². The summed E-state index contributed by atoms with van der Waals surface area (Å²) in [4.78, 5) is 23.4. The first-order valence-corrected chi connectivity index (χ1v) is 10.6. The Morgan fingerprint density at radius 3 is 2.54 bits per heavy atom. The van der Waals surface area contributed by atoms with Gasteiger partial charge in [-0.25, -0.2) is 4.79 Å². The van der Waals surface area contributed by atoms with Crippen LogP contribution in [-0.2, 0) is 19.0 Å². The smallest absolute Gasteiger partial charge is 0.408 e. The first-order chi connectivity index (χ1) is 13.1. The Labute approximate surface area is 168 Å². The van der Waals surface area contributed by atoms with Crippen molar-refractivity contribution in [3.05, 3.63) is 0 Å². The highest BCUT2D eigenvalue weighted by Crippen LogP contribution is 2.68. The summed E-state index contributed by atoms with van der Waals surface area (Å²) in [7, 11) is 1.69. The van der Waals surface area contributed by atoms with E-state index in [9.17, 15) is 9.59 Å². The minimum Gasteiger partial charge on any atom is -0.443 e. The van der Waals surface area contributed by atoms with Gasteiger partial charge in [-0.05, 0) is 49.9 Å². The van der Waals surface area contributed by atoms with Crippen molar-refractivity contribution in [3.8, 4) is 0 Å². The Bertz CT molecular complexity index is 606. The number of alkyl carbamates (subject to hydrolysis) is 1. The Morgan fingerprint density at radius 2 is 2.00 bits per heavy atom. The van der Waals surface area contributed by atoms with Crippen LogP contribution in [-0.4, -0.2) is 49.6 Å². The number of nitrogens with one attached hydrogen (secondary N) is 1. The lowest BCUT2D eigenvalue weighted by atomic mass is 9.67. The summed E-state index contributed by atoms with van der Waals surface area (Å²) in [6.45, 7) is 9.18. The molecule has 7 nitrogen and oxygen atoms in total. The molecule has 0 aromatic rings. The molecule has 28 heavy (non-hydrogen) atoms. The van der Waals surface area contributed by atoms with E-state index >= 15 is 0 Å². The van der Waals surface area contributed by atoms with Gasteiger partial charge in [0.2, 0.25) is 5.91 Å². The van der Waals surface area contributed by atoms with Crippen molar-refractivity contribution in [3.63, 3.8) is 0 Å². The van der Waals surface area contributed by atoms with Gasteiger partial charge in [0.25, 0.3) is 0 Å². The zero-order chi connectivity index (χ0) is 20.7. The molecule has 0 radical (unpaired) electrons. The van der Waals surface area contributed by atoms with Crippen LogP contribution in [0, 0.1) is 23.2 Å². The monoisotopic (exact) mass is 396 g/mol. The molecule has 1 heterocycles. The molecule has 7 heteroatoms. The number of primary amides is 1. The molecular weight excluding hydrogens is 360 g/mol. The Kier molecular flexibility index (Phi) is 5.97. The van der Waals surface area contributed by atoms with Gasteiger partial charge in [-0.15, -0.1) is 0 Å². The fraction of sp³-hybridized carbons (Fsp3) is 0.905. The van der Waals surface area contributed by atoms with Gasteiger partial charge in [0, 0.05) is 13.0 Å². The Hall–Kier alpha value is -1.34. The number of hydrogen-bond donors (Lipinski definition) is 2. The maximum Gasteiger partial charge on any atom is 0.408 e.